The molecule has 0 heterocycles. The number of rotatable bonds is 48. The van der Waals surface area contributed by atoms with E-state index in [1.165, 1.54) is 206 Å². The molecule has 0 amide bonds. The minimum Gasteiger partial charge on any atom is -0.384 e. The quantitative estimate of drug-likeness (QED) is 0.0368. The molecule has 0 rings (SSSR count). The Kier molecular flexibility index (Phi) is 64.4. The van der Waals surface area contributed by atoms with E-state index >= 15 is 0 Å². The molecule has 0 bridgehead atoms. The van der Waals surface area contributed by atoms with Crippen molar-refractivity contribution in [1.82, 2.24) is 9.62 Å². The molecular formula is C52H108N2O5S. The van der Waals surface area contributed by atoms with E-state index in [1.54, 1.807) is 19.1 Å². The van der Waals surface area contributed by atoms with Crippen molar-refractivity contribution in [3.63, 3.8) is 0 Å². The molecule has 8 heteroatoms. The molecule has 0 aromatic carbocycles. The van der Waals surface area contributed by atoms with Gasteiger partial charge in [0.25, 0.3) is 0 Å². The first kappa shape index (κ1) is 63.8. The van der Waals surface area contributed by atoms with Crippen molar-refractivity contribution in [2.24, 2.45) is 0 Å². The average Bonchev–Trinajstić information content (AvgIpc) is 3.27. The van der Waals surface area contributed by atoms with Gasteiger partial charge in [-0.15, -0.1) is 0 Å². The topological polar surface area (TPSA) is 77.1 Å². The van der Waals surface area contributed by atoms with Gasteiger partial charge in [-0.1, -0.05) is 194 Å². The fourth-order valence-corrected chi connectivity index (χ4v) is 8.18. The molecule has 0 aromatic rings. The molecule has 0 radical (unpaired) electrons. The highest BCUT2D eigenvalue weighted by Gasteiger charge is 2.07. The first-order valence-electron chi connectivity index (χ1n) is 26.0. The number of unbranched alkanes of at least 4 members (excludes halogenated alkanes) is 25. The summed E-state index contributed by atoms with van der Waals surface area (Å²) in [6.45, 7) is 14.4. The van der Waals surface area contributed by atoms with E-state index in [2.05, 4.69) is 37.3 Å². The van der Waals surface area contributed by atoms with E-state index in [9.17, 15) is 9.59 Å². The number of nitrogens with one attached hydrogen (secondary N) is 1. The Morgan fingerprint density at radius 1 is 0.467 bits per heavy atom. The Morgan fingerprint density at radius 3 is 1.22 bits per heavy atom. The van der Waals surface area contributed by atoms with Crippen molar-refractivity contribution in [2.45, 2.75) is 265 Å². The van der Waals surface area contributed by atoms with Gasteiger partial charge < -0.3 is 28.7 Å². The highest BCUT2D eigenvalue weighted by atomic mass is 32.2. The largest absolute Gasteiger partial charge is 0.384 e. The number of carbonyl (C=O) groups excluding carboxylic acids is 2. The Bertz CT molecular complexity index is 722. The fourth-order valence-electron chi connectivity index (χ4n) is 7.49. The van der Waals surface area contributed by atoms with Crippen LogP contribution in [0.2, 0.25) is 0 Å². The predicted octanol–water partition coefficient (Wildman–Crippen LogP) is 15.3. The number of hydrogen-bond donors (Lipinski definition) is 1. The lowest BCUT2D eigenvalue weighted by atomic mass is 10.0. The van der Waals surface area contributed by atoms with Crippen LogP contribution in [0, 0.1) is 0 Å². The van der Waals surface area contributed by atoms with E-state index in [0.29, 0.717) is 25.0 Å². The molecule has 0 saturated heterocycles. The van der Waals surface area contributed by atoms with Gasteiger partial charge in [-0.3, -0.25) is 4.72 Å². The summed E-state index contributed by atoms with van der Waals surface area (Å²) in [5.74, 6) is 0.994. The van der Waals surface area contributed by atoms with Crippen LogP contribution >= 0.6 is 11.9 Å². The zero-order valence-electron chi connectivity index (χ0n) is 41.7. The minimum absolute atomic E-state index is 0.506. The van der Waals surface area contributed by atoms with Crippen molar-refractivity contribution in [1.29, 1.82) is 0 Å². The van der Waals surface area contributed by atoms with Crippen LogP contribution in [0.15, 0.2) is 0 Å². The van der Waals surface area contributed by atoms with Gasteiger partial charge in [-0.05, 0) is 77.4 Å². The molecule has 0 aromatic heterocycles. The van der Waals surface area contributed by atoms with Crippen LogP contribution in [0.5, 0.6) is 0 Å². The molecule has 0 saturated carbocycles. The maximum absolute atomic E-state index is 10.3. The zero-order chi connectivity index (χ0) is 44.7. The van der Waals surface area contributed by atoms with Gasteiger partial charge >= 0.3 is 0 Å². The van der Waals surface area contributed by atoms with Gasteiger partial charge in [0.1, 0.15) is 12.6 Å². The average molecular weight is 874 g/mol. The Hall–Kier alpha value is -0.510. The Labute approximate surface area is 381 Å². The maximum atomic E-state index is 10.3. The van der Waals surface area contributed by atoms with Crippen LogP contribution in [-0.2, 0) is 23.8 Å². The van der Waals surface area contributed by atoms with Crippen molar-refractivity contribution >= 4 is 24.5 Å². The number of aldehydes is 2. The molecule has 1 unspecified atom stereocenters. The molecule has 0 aliphatic heterocycles. The monoisotopic (exact) mass is 873 g/mol. The number of methoxy groups -OCH3 is 3. The van der Waals surface area contributed by atoms with E-state index in [-0.39, 0.29) is 0 Å². The van der Waals surface area contributed by atoms with Gasteiger partial charge in [0, 0.05) is 46.5 Å². The van der Waals surface area contributed by atoms with Gasteiger partial charge in [-0.2, -0.15) is 0 Å². The summed E-state index contributed by atoms with van der Waals surface area (Å²) in [6.07, 6.45) is 47.7. The lowest BCUT2D eigenvalue weighted by Crippen LogP contribution is -2.29. The molecule has 0 fully saturated rings. The van der Waals surface area contributed by atoms with E-state index in [4.69, 9.17) is 14.2 Å². The summed E-state index contributed by atoms with van der Waals surface area (Å²) < 4.78 is 19.4. The number of nitrogens with zero attached hydrogens (tertiary/aromatic N) is 1. The second-order valence-corrected chi connectivity index (χ2v) is 18.2. The molecule has 0 aliphatic carbocycles. The minimum atomic E-state index is 0.506. The maximum Gasteiger partial charge on any atom is 0.119 e. The van der Waals surface area contributed by atoms with Crippen molar-refractivity contribution in [2.75, 3.05) is 59.9 Å². The molecule has 362 valence electrons. The highest BCUT2D eigenvalue weighted by molar-refractivity contribution is 7.97. The lowest BCUT2D eigenvalue weighted by Gasteiger charge is -2.22. The van der Waals surface area contributed by atoms with Gasteiger partial charge in [-0.25, -0.2) is 0 Å². The smallest absolute Gasteiger partial charge is 0.119 e. The summed E-state index contributed by atoms with van der Waals surface area (Å²) >= 11 is 1.75. The van der Waals surface area contributed by atoms with Crippen LogP contribution < -0.4 is 4.72 Å². The highest BCUT2D eigenvalue weighted by Crippen LogP contribution is 2.16. The number of hydrogen-bond acceptors (Lipinski definition) is 8. The van der Waals surface area contributed by atoms with Crippen molar-refractivity contribution < 1.29 is 23.8 Å². The molecule has 1 atom stereocenters. The molecule has 0 aliphatic rings. The summed E-state index contributed by atoms with van der Waals surface area (Å²) in [5, 5.41) is 0. The van der Waals surface area contributed by atoms with Gasteiger partial charge in [0.05, 0.1) is 18.8 Å². The third kappa shape index (κ3) is 57.5. The fraction of sp³-hybridized carbons (Fsp3) is 0.962. The number of carbonyl (C=O) groups is 2. The Balaban J connectivity index is -0.000000877. The van der Waals surface area contributed by atoms with E-state index in [1.807, 2.05) is 14.2 Å². The number of ether oxygens (including phenoxy) is 3. The first-order chi connectivity index (χ1) is 29.5. The molecule has 7 nitrogen and oxygen atoms in total. The second-order valence-electron chi connectivity index (χ2n) is 17.2. The van der Waals surface area contributed by atoms with Crippen LogP contribution in [0.25, 0.3) is 0 Å². The summed E-state index contributed by atoms with van der Waals surface area (Å²) in [5.41, 5.74) is 0. The summed E-state index contributed by atoms with van der Waals surface area (Å²) in [4.78, 5) is 23.3. The van der Waals surface area contributed by atoms with Gasteiger partial charge in [0.15, 0.2) is 0 Å². The van der Waals surface area contributed by atoms with Crippen molar-refractivity contribution in [3.05, 3.63) is 0 Å². The van der Waals surface area contributed by atoms with Crippen LogP contribution in [0.4, 0.5) is 0 Å². The SMILES string of the molecule is CCCCCCCCC(CC)OC.CCCCCCCCC(CCCCCCCC)OC.COCCSNCCCN(CCCCCCCC=O)CCCCCCCC=O. The van der Waals surface area contributed by atoms with E-state index < -0.39 is 0 Å². The molecule has 0 spiro atoms. The van der Waals surface area contributed by atoms with Crippen LogP contribution in [-0.4, -0.2) is 89.5 Å². The predicted molar refractivity (Wildman–Crippen MR) is 267 cm³/mol. The standard InChI is InChI=1S/C22H44N2O3S.C18H38O.C12H26O/c1-27-21-22-28-23-15-14-18-24(16-10-6-2-4-8-12-19-25)17-11-7-3-5-9-13-20-26;1-4-6-8-10-12-14-16-18(19-3)17-15-13-11-9-7-5-2;1-4-6-7-8-9-10-11-12(5-2)13-3/h19-20,23H,2-18,21-22H2,1H3;18H,4-17H2,1-3H3;12H,4-11H2,1-3H3. The van der Waals surface area contributed by atoms with Crippen LogP contribution in [0.3, 0.4) is 0 Å². The Morgan fingerprint density at radius 2 is 0.833 bits per heavy atom. The lowest BCUT2D eigenvalue weighted by molar-refractivity contribution is -0.108. The molecule has 60 heavy (non-hydrogen) atoms. The van der Waals surface area contributed by atoms with Gasteiger partial charge in [0.2, 0.25) is 0 Å². The summed E-state index contributed by atoms with van der Waals surface area (Å²) in [6, 6.07) is 0. The third-order valence-electron chi connectivity index (χ3n) is 11.6. The third-order valence-corrected chi connectivity index (χ3v) is 12.4. The second kappa shape index (κ2) is 60.6. The first-order valence-corrected chi connectivity index (χ1v) is 27.0. The van der Waals surface area contributed by atoms with E-state index in [0.717, 1.165) is 57.3 Å². The summed E-state index contributed by atoms with van der Waals surface area (Å²) in [7, 11) is 5.45. The molecule has 1 N–H and O–H groups in total. The normalized spacial score (nSPS) is 11.7. The van der Waals surface area contributed by atoms with Crippen LogP contribution in [0.1, 0.15) is 252 Å². The zero-order valence-corrected chi connectivity index (χ0v) is 42.5. The van der Waals surface area contributed by atoms with Crippen molar-refractivity contribution in [3.8, 4) is 0 Å². The molecular weight excluding hydrogens is 765 g/mol.